The Morgan fingerprint density at radius 3 is 2.05 bits per heavy atom. The third-order valence-corrected chi connectivity index (χ3v) is 14.6. The molecule has 62 heavy (non-hydrogen) atoms. The molecule has 12 aromatic rings. The summed E-state index contributed by atoms with van der Waals surface area (Å²) in [7, 11) is 0. The van der Waals surface area contributed by atoms with Crippen molar-refractivity contribution in [2.45, 2.75) is 5.41 Å². The first-order valence-corrected chi connectivity index (χ1v) is 21.9. The summed E-state index contributed by atoms with van der Waals surface area (Å²) < 4.78 is 42.2. The fourth-order valence-corrected chi connectivity index (χ4v) is 12.2. The molecule has 2 nitrogen and oxygen atoms in total. The Morgan fingerprint density at radius 1 is 0.435 bits per heavy atom. The van der Waals surface area contributed by atoms with Gasteiger partial charge in [-0.2, -0.15) is 0 Å². The number of benzene rings is 10. The maximum absolute atomic E-state index is 9.84. The SMILES string of the molecule is [2H]c1c([2H])c([2H])c2c(c1[2H])-c1ccccc1C21c2cc(N(c3ccc4c5ccccc5n(-c5ccccc5)c4c3)c3cccc4sc5ccccc5c34)ccc2-c2cccc3cccc1c23. The van der Waals surface area contributed by atoms with Crippen LogP contribution in [0.3, 0.4) is 0 Å². The van der Waals surface area contributed by atoms with Crippen LogP contribution in [0, 0.1) is 0 Å². The minimum atomic E-state index is -1.07. The second kappa shape index (κ2) is 12.7. The van der Waals surface area contributed by atoms with Crippen molar-refractivity contribution in [3.05, 3.63) is 241 Å². The molecule has 14 rings (SSSR count). The van der Waals surface area contributed by atoms with Gasteiger partial charge in [0.2, 0.25) is 0 Å². The molecule has 0 saturated carbocycles. The summed E-state index contributed by atoms with van der Waals surface area (Å²) >= 11 is 1.80. The van der Waals surface area contributed by atoms with Gasteiger partial charge in [0.05, 0.1) is 27.6 Å². The Labute approximate surface area is 368 Å². The largest absolute Gasteiger partial charge is 0.310 e. The Balaban J connectivity index is 1.13. The predicted molar refractivity (Wildman–Crippen MR) is 262 cm³/mol. The molecule has 1 spiro atoms. The average Bonchev–Trinajstić information content (AvgIpc) is 4.02. The summed E-state index contributed by atoms with van der Waals surface area (Å²) in [6.45, 7) is 0. The van der Waals surface area contributed by atoms with E-state index in [2.05, 4.69) is 185 Å². The second-order valence-corrected chi connectivity index (χ2v) is 17.5. The van der Waals surface area contributed by atoms with Crippen LogP contribution in [0.4, 0.5) is 17.1 Å². The number of aromatic nitrogens is 1. The number of para-hydroxylation sites is 2. The average molecular weight is 809 g/mol. The van der Waals surface area contributed by atoms with Crippen molar-refractivity contribution < 1.29 is 5.48 Å². The summed E-state index contributed by atoms with van der Waals surface area (Å²) in [4.78, 5) is 2.41. The minimum Gasteiger partial charge on any atom is -0.310 e. The highest BCUT2D eigenvalue weighted by Gasteiger charge is 2.50. The fourth-order valence-electron chi connectivity index (χ4n) is 11.1. The van der Waals surface area contributed by atoms with Crippen molar-refractivity contribution in [2.24, 2.45) is 0 Å². The maximum atomic E-state index is 9.84. The van der Waals surface area contributed by atoms with Crippen molar-refractivity contribution >= 4 is 81.1 Å². The van der Waals surface area contributed by atoms with Gasteiger partial charge in [0.25, 0.3) is 0 Å². The predicted octanol–water partition coefficient (Wildman–Crippen LogP) is 16.1. The molecule has 1 atom stereocenters. The number of hydrogen-bond acceptors (Lipinski definition) is 2. The summed E-state index contributed by atoms with van der Waals surface area (Å²) in [5.41, 5.74) is 12.3. The maximum Gasteiger partial charge on any atom is 0.0726 e. The van der Waals surface area contributed by atoms with Crippen molar-refractivity contribution in [3.63, 3.8) is 0 Å². The molecule has 10 aromatic carbocycles. The van der Waals surface area contributed by atoms with Crippen LogP contribution >= 0.6 is 11.3 Å². The lowest BCUT2D eigenvalue weighted by Crippen LogP contribution is -2.32. The van der Waals surface area contributed by atoms with Gasteiger partial charge in [-0.3, -0.25) is 0 Å². The molecule has 2 aliphatic rings. The topological polar surface area (TPSA) is 8.17 Å². The van der Waals surface area contributed by atoms with E-state index < -0.39 is 5.41 Å². The molecule has 2 aliphatic carbocycles. The van der Waals surface area contributed by atoms with E-state index in [1.807, 2.05) is 18.2 Å². The summed E-state index contributed by atoms with van der Waals surface area (Å²) in [5, 5.41) is 6.91. The summed E-state index contributed by atoms with van der Waals surface area (Å²) in [6.07, 6.45) is 0. The molecule has 2 aromatic heterocycles. The highest BCUT2D eigenvalue weighted by Crippen LogP contribution is 2.62. The molecule has 3 heteroatoms. The van der Waals surface area contributed by atoms with Gasteiger partial charge >= 0.3 is 0 Å². The Bertz CT molecular complexity index is 4070. The van der Waals surface area contributed by atoms with E-state index in [1.54, 1.807) is 11.3 Å². The van der Waals surface area contributed by atoms with E-state index >= 15 is 0 Å². The van der Waals surface area contributed by atoms with Gasteiger partial charge in [-0.1, -0.05) is 158 Å². The number of anilines is 3. The third-order valence-electron chi connectivity index (χ3n) is 13.5. The number of thiophene rings is 1. The van der Waals surface area contributed by atoms with Crippen LogP contribution in [0.25, 0.3) is 80.7 Å². The fraction of sp³-hybridized carbons (Fsp3) is 0.0169. The number of hydrogen-bond donors (Lipinski definition) is 0. The zero-order valence-electron chi connectivity index (χ0n) is 37.3. The summed E-state index contributed by atoms with van der Waals surface area (Å²) in [6, 6.07) is 68.8. The molecule has 0 fully saturated rings. The first kappa shape index (κ1) is 30.3. The Hall–Kier alpha value is -7.72. The van der Waals surface area contributed by atoms with Gasteiger partial charge in [0.15, 0.2) is 0 Å². The van der Waals surface area contributed by atoms with Crippen LogP contribution in [0.1, 0.15) is 27.7 Å². The van der Waals surface area contributed by atoms with Crippen molar-refractivity contribution in [1.29, 1.82) is 0 Å². The summed E-state index contributed by atoms with van der Waals surface area (Å²) in [5.74, 6) is 0. The van der Waals surface area contributed by atoms with Gasteiger partial charge in [0, 0.05) is 48.0 Å². The molecule has 0 aliphatic heterocycles. The zero-order valence-corrected chi connectivity index (χ0v) is 34.1. The van der Waals surface area contributed by atoms with Crippen LogP contribution in [-0.4, -0.2) is 4.57 Å². The number of fused-ring (bicyclic) bond motifs is 15. The van der Waals surface area contributed by atoms with Crippen molar-refractivity contribution in [3.8, 4) is 27.9 Å². The highest BCUT2D eigenvalue weighted by molar-refractivity contribution is 7.26. The number of nitrogens with zero attached hydrogens (tertiary/aromatic N) is 2. The number of rotatable bonds is 4. The van der Waals surface area contributed by atoms with Gasteiger partial charge in [-0.05, 0) is 116 Å². The van der Waals surface area contributed by atoms with Gasteiger partial charge in [-0.25, -0.2) is 0 Å². The van der Waals surface area contributed by atoms with E-state index in [0.717, 1.165) is 77.9 Å². The Morgan fingerprint density at radius 2 is 1.11 bits per heavy atom. The second-order valence-electron chi connectivity index (χ2n) is 16.5. The lowest BCUT2D eigenvalue weighted by atomic mass is 9.61. The van der Waals surface area contributed by atoms with E-state index in [0.29, 0.717) is 11.1 Å². The van der Waals surface area contributed by atoms with E-state index in [1.165, 1.54) is 30.9 Å². The molecule has 1 unspecified atom stereocenters. The van der Waals surface area contributed by atoms with Gasteiger partial charge in [0.1, 0.15) is 0 Å². The van der Waals surface area contributed by atoms with Crippen molar-refractivity contribution in [1.82, 2.24) is 4.57 Å². The lowest BCUT2D eigenvalue weighted by Gasteiger charge is -2.41. The molecular weight excluding hydrogens is 769 g/mol. The molecule has 0 amide bonds. The molecule has 288 valence electrons. The molecular formula is C59H36N2S. The first-order chi connectivity index (χ1) is 32.4. The smallest absolute Gasteiger partial charge is 0.0726 e. The standard InChI is InChI=1S/C59H36N2S/c1-2-17-38(18-3-1)61-52-27-10-6-21-44(52)45-34-32-40(36-54(45)61)60(53-28-14-30-56-58(53)47-22-7-11-29-55(47)62-56)39-31-33-43-46-23-12-15-37-16-13-26-50(57(37)46)59(51(43)35-39)48-24-8-4-19-41(48)42-20-5-9-25-49(42)59/h1-36H/i4D,8D,19D,24D. The molecule has 0 radical (unpaired) electrons. The monoisotopic (exact) mass is 808 g/mol. The minimum absolute atomic E-state index is 0.0134. The normalized spacial score (nSPS) is 15.7. The molecule has 0 saturated heterocycles. The van der Waals surface area contributed by atoms with Gasteiger partial charge in [-0.15, -0.1) is 11.3 Å². The first-order valence-electron chi connectivity index (χ1n) is 23.1. The van der Waals surface area contributed by atoms with Crippen LogP contribution in [0.15, 0.2) is 218 Å². The quantitative estimate of drug-likeness (QED) is 0.172. The van der Waals surface area contributed by atoms with Crippen LogP contribution < -0.4 is 4.90 Å². The Kier molecular flexibility index (Phi) is 6.19. The molecule has 0 bridgehead atoms. The van der Waals surface area contributed by atoms with Crippen LogP contribution in [0.2, 0.25) is 0 Å². The zero-order chi connectivity index (χ0) is 44.0. The highest BCUT2D eigenvalue weighted by atomic mass is 32.1. The van der Waals surface area contributed by atoms with E-state index in [-0.39, 0.29) is 24.2 Å². The van der Waals surface area contributed by atoms with Gasteiger partial charge < -0.3 is 9.47 Å². The van der Waals surface area contributed by atoms with E-state index in [9.17, 15) is 4.11 Å². The molecule has 0 N–H and O–H groups in total. The van der Waals surface area contributed by atoms with E-state index in [4.69, 9.17) is 1.37 Å². The van der Waals surface area contributed by atoms with Crippen molar-refractivity contribution in [2.75, 3.05) is 4.90 Å². The lowest BCUT2D eigenvalue weighted by molar-refractivity contribution is 0.773. The van der Waals surface area contributed by atoms with Crippen LogP contribution in [-0.2, 0) is 5.41 Å². The molecule has 2 heterocycles. The van der Waals surface area contributed by atoms with Crippen LogP contribution in [0.5, 0.6) is 0 Å². The third kappa shape index (κ3) is 4.42.